The van der Waals surface area contributed by atoms with Gasteiger partial charge in [-0.2, -0.15) is 0 Å². The number of hydrogen-bond donors (Lipinski definition) is 1. The fourth-order valence-corrected chi connectivity index (χ4v) is 3.89. The Balaban J connectivity index is 1.76. The maximum atomic E-state index is 10.8. The molecule has 0 bridgehead atoms. The normalized spacial score (nSPS) is 16.8. The van der Waals surface area contributed by atoms with Crippen molar-refractivity contribution in [3.05, 3.63) is 41.3 Å². The number of aryl methyl sites for hydroxylation is 1. The second kappa shape index (κ2) is 6.44. The summed E-state index contributed by atoms with van der Waals surface area (Å²) in [5.41, 5.74) is 2.96. The van der Waals surface area contributed by atoms with E-state index in [9.17, 15) is 4.79 Å². The number of carbonyl (C=O) groups is 1. The number of carboxylic acids is 1. The number of aliphatic carboxylic acids is 1. The van der Waals surface area contributed by atoms with Crippen molar-refractivity contribution in [2.45, 2.75) is 32.2 Å². The second-order valence-corrected chi connectivity index (χ2v) is 7.33. The lowest BCUT2D eigenvalue weighted by Crippen LogP contribution is -2.46. The topological polar surface area (TPSA) is 66.3 Å². The van der Waals surface area contributed by atoms with Gasteiger partial charge in [0.05, 0.1) is 5.69 Å². The summed E-state index contributed by atoms with van der Waals surface area (Å²) in [6.45, 7) is 3.19. The SMILES string of the molecule is C[C@H]1CCN1c1nc(-c2cccc(CCC(=O)O)c2)c2ccsc2n1. The quantitative estimate of drug-likeness (QED) is 0.752. The maximum absolute atomic E-state index is 10.8. The van der Waals surface area contributed by atoms with Gasteiger partial charge in [0.1, 0.15) is 4.83 Å². The van der Waals surface area contributed by atoms with Crippen LogP contribution in [-0.4, -0.2) is 33.6 Å². The van der Waals surface area contributed by atoms with Crippen molar-refractivity contribution in [1.29, 1.82) is 0 Å². The van der Waals surface area contributed by atoms with E-state index < -0.39 is 5.97 Å². The minimum atomic E-state index is -0.776. The van der Waals surface area contributed by atoms with Crippen molar-refractivity contribution in [3.8, 4) is 11.3 Å². The van der Waals surface area contributed by atoms with Crippen LogP contribution >= 0.6 is 11.3 Å². The van der Waals surface area contributed by atoms with E-state index in [2.05, 4.69) is 17.9 Å². The average molecular weight is 353 g/mol. The highest BCUT2D eigenvalue weighted by molar-refractivity contribution is 7.16. The molecule has 2 aromatic heterocycles. The molecule has 0 aliphatic carbocycles. The minimum Gasteiger partial charge on any atom is -0.481 e. The number of carboxylic acid groups (broad SMARTS) is 1. The third-order valence-electron chi connectivity index (χ3n) is 4.72. The molecule has 4 rings (SSSR count). The van der Waals surface area contributed by atoms with E-state index in [4.69, 9.17) is 15.1 Å². The third-order valence-corrected chi connectivity index (χ3v) is 5.52. The molecule has 0 radical (unpaired) electrons. The lowest BCUT2D eigenvalue weighted by atomic mass is 10.0. The minimum absolute atomic E-state index is 0.137. The molecule has 1 atom stereocenters. The maximum Gasteiger partial charge on any atom is 0.303 e. The Labute approximate surface area is 150 Å². The van der Waals surface area contributed by atoms with Gasteiger partial charge in [0.15, 0.2) is 0 Å². The summed E-state index contributed by atoms with van der Waals surface area (Å²) < 4.78 is 0. The second-order valence-electron chi connectivity index (χ2n) is 6.44. The molecule has 5 nitrogen and oxygen atoms in total. The van der Waals surface area contributed by atoms with E-state index >= 15 is 0 Å². The highest BCUT2D eigenvalue weighted by atomic mass is 32.1. The lowest BCUT2D eigenvalue weighted by Gasteiger charge is -2.38. The fraction of sp³-hybridized carbons (Fsp3) is 0.316. The van der Waals surface area contributed by atoms with Gasteiger partial charge in [-0.1, -0.05) is 18.2 Å². The van der Waals surface area contributed by atoms with Gasteiger partial charge in [-0.15, -0.1) is 11.3 Å². The zero-order valence-corrected chi connectivity index (χ0v) is 14.8. The van der Waals surface area contributed by atoms with E-state index in [1.165, 1.54) is 6.42 Å². The largest absolute Gasteiger partial charge is 0.481 e. The number of hydrogen-bond acceptors (Lipinski definition) is 5. The standard InChI is InChI=1S/C19H19N3O2S/c1-12-7-9-22(12)19-20-17(15-8-10-25-18(15)21-19)14-4-2-3-13(11-14)5-6-16(23)24/h2-4,8,10-12H,5-7,9H2,1H3,(H,23,24)/t12-/m0/s1. The van der Waals surface area contributed by atoms with Crippen LogP contribution in [0.25, 0.3) is 21.5 Å². The Morgan fingerprint density at radius 2 is 2.24 bits per heavy atom. The van der Waals surface area contributed by atoms with Crippen molar-refractivity contribution in [2.75, 3.05) is 11.4 Å². The zero-order valence-electron chi connectivity index (χ0n) is 14.0. The molecular formula is C19H19N3O2S. The van der Waals surface area contributed by atoms with Crippen LogP contribution in [0.15, 0.2) is 35.7 Å². The van der Waals surface area contributed by atoms with E-state index in [1.807, 2.05) is 29.6 Å². The van der Waals surface area contributed by atoms with Gasteiger partial charge in [0, 0.05) is 30.0 Å². The third kappa shape index (κ3) is 3.09. The van der Waals surface area contributed by atoms with Crippen LogP contribution in [0.4, 0.5) is 5.95 Å². The van der Waals surface area contributed by atoms with Crippen LogP contribution in [0.3, 0.4) is 0 Å². The van der Waals surface area contributed by atoms with Crippen LogP contribution in [0.5, 0.6) is 0 Å². The molecule has 1 N–H and O–H groups in total. The van der Waals surface area contributed by atoms with E-state index in [1.54, 1.807) is 11.3 Å². The van der Waals surface area contributed by atoms with Gasteiger partial charge in [-0.3, -0.25) is 4.79 Å². The van der Waals surface area contributed by atoms with Crippen molar-refractivity contribution in [1.82, 2.24) is 9.97 Å². The summed E-state index contributed by atoms with van der Waals surface area (Å²) >= 11 is 1.63. The summed E-state index contributed by atoms with van der Waals surface area (Å²) in [6.07, 6.45) is 1.83. The molecule has 1 aliphatic heterocycles. The average Bonchev–Trinajstić information content (AvgIpc) is 3.06. The molecule has 1 aromatic carbocycles. The fourth-order valence-electron chi connectivity index (χ4n) is 3.13. The Hall–Kier alpha value is -2.47. The van der Waals surface area contributed by atoms with Gasteiger partial charge in [0.2, 0.25) is 5.95 Å². The molecule has 1 saturated heterocycles. The molecule has 128 valence electrons. The predicted molar refractivity (Wildman–Crippen MR) is 100 cm³/mol. The van der Waals surface area contributed by atoms with Crippen LogP contribution in [0.2, 0.25) is 0 Å². The van der Waals surface area contributed by atoms with Crippen molar-refractivity contribution < 1.29 is 9.90 Å². The van der Waals surface area contributed by atoms with Gasteiger partial charge >= 0.3 is 5.97 Å². The van der Waals surface area contributed by atoms with Gasteiger partial charge < -0.3 is 10.0 Å². The van der Waals surface area contributed by atoms with Gasteiger partial charge in [0.25, 0.3) is 0 Å². The number of benzene rings is 1. The molecule has 1 fully saturated rings. The Kier molecular flexibility index (Phi) is 4.13. The predicted octanol–water partition coefficient (Wildman–Crippen LogP) is 3.97. The highest BCUT2D eigenvalue weighted by Gasteiger charge is 2.27. The van der Waals surface area contributed by atoms with E-state index in [-0.39, 0.29) is 6.42 Å². The first-order chi connectivity index (χ1) is 12.1. The summed E-state index contributed by atoms with van der Waals surface area (Å²) in [5, 5.41) is 12.0. The molecule has 0 unspecified atom stereocenters. The smallest absolute Gasteiger partial charge is 0.303 e. The number of fused-ring (bicyclic) bond motifs is 1. The van der Waals surface area contributed by atoms with E-state index in [0.717, 1.165) is 39.5 Å². The van der Waals surface area contributed by atoms with E-state index in [0.29, 0.717) is 12.5 Å². The number of rotatable bonds is 5. The molecule has 0 amide bonds. The van der Waals surface area contributed by atoms with Gasteiger partial charge in [-0.25, -0.2) is 9.97 Å². The number of thiophene rings is 1. The van der Waals surface area contributed by atoms with Crippen molar-refractivity contribution in [3.63, 3.8) is 0 Å². The zero-order chi connectivity index (χ0) is 17.4. The van der Waals surface area contributed by atoms with Crippen LogP contribution < -0.4 is 4.90 Å². The Bertz CT molecular complexity index is 937. The first kappa shape index (κ1) is 16.0. The Morgan fingerprint density at radius 3 is 2.96 bits per heavy atom. The molecule has 6 heteroatoms. The molecule has 25 heavy (non-hydrogen) atoms. The first-order valence-electron chi connectivity index (χ1n) is 8.45. The van der Waals surface area contributed by atoms with Crippen LogP contribution in [-0.2, 0) is 11.2 Å². The summed E-state index contributed by atoms with van der Waals surface area (Å²) in [4.78, 5) is 23.6. The molecular weight excluding hydrogens is 334 g/mol. The van der Waals surface area contributed by atoms with Crippen LogP contribution in [0, 0.1) is 0 Å². The molecule has 1 aliphatic rings. The summed E-state index contributed by atoms with van der Waals surface area (Å²) in [6, 6.07) is 10.6. The Morgan fingerprint density at radius 1 is 1.36 bits per heavy atom. The van der Waals surface area contributed by atoms with Crippen molar-refractivity contribution in [2.24, 2.45) is 0 Å². The van der Waals surface area contributed by atoms with Crippen molar-refractivity contribution >= 4 is 33.5 Å². The first-order valence-corrected chi connectivity index (χ1v) is 9.33. The van der Waals surface area contributed by atoms with Crippen LogP contribution in [0.1, 0.15) is 25.3 Å². The monoisotopic (exact) mass is 353 g/mol. The van der Waals surface area contributed by atoms with Gasteiger partial charge in [-0.05, 0) is 42.8 Å². The number of aromatic nitrogens is 2. The molecule has 3 heterocycles. The molecule has 0 saturated carbocycles. The molecule has 0 spiro atoms. The lowest BCUT2D eigenvalue weighted by molar-refractivity contribution is -0.136. The highest BCUT2D eigenvalue weighted by Crippen LogP contribution is 2.33. The summed E-state index contributed by atoms with van der Waals surface area (Å²) in [7, 11) is 0. The molecule has 3 aromatic rings. The summed E-state index contributed by atoms with van der Waals surface area (Å²) in [5.74, 6) is 0.0151. The number of anilines is 1. The number of nitrogens with zero attached hydrogens (tertiary/aromatic N) is 3.